The molecule has 0 unspecified atom stereocenters. The van der Waals surface area contributed by atoms with Crippen molar-refractivity contribution >= 4 is 11.6 Å². The molecule has 1 atom stereocenters. The number of benzene rings is 1. The molecule has 0 radical (unpaired) electrons. The lowest BCUT2D eigenvalue weighted by Gasteiger charge is -2.18. The van der Waals surface area contributed by atoms with Gasteiger partial charge >= 0.3 is 0 Å². The summed E-state index contributed by atoms with van der Waals surface area (Å²) in [7, 11) is 0. The molecule has 0 aliphatic heterocycles. The van der Waals surface area contributed by atoms with Gasteiger partial charge in [0.15, 0.2) is 0 Å². The van der Waals surface area contributed by atoms with Gasteiger partial charge in [-0.3, -0.25) is 0 Å². The monoisotopic (exact) mass is 215 g/mol. The van der Waals surface area contributed by atoms with E-state index in [1.165, 1.54) is 12.1 Å². The van der Waals surface area contributed by atoms with Crippen LogP contribution in [0.2, 0.25) is 5.02 Å². The van der Waals surface area contributed by atoms with Crippen molar-refractivity contribution in [1.29, 1.82) is 0 Å². The summed E-state index contributed by atoms with van der Waals surface area (Å²) in [5.74, 6) is -0.296. The lowest BCUT2D eigenvalue weighted by molar-refractivity contribution is 0.505. The van der Waals surface area contributed by atoms with Gasteiger partial charge in [-0.1, -0.05) is 31.5 Å². The molecular formula is C11H15ClFN. The summed E-state index contributed by atoms with van der Waals surface area (Å²) < 4.78 is 12.8. The van der Waals surface area contributed by atoms with Crippen LogP contribution in [0.5, 0.6) is 0 Å². The highest BCUT2D eigenvalue weighted by molar-refractivity contribution is 6.31. The molecule has 0 heterocycles. The Balaban J connectivity index is 2.84. The zero-order valence-electron chi connectivity index (χ0n) is 8.64. The van der Waals surface area contributed by atoms with Crippen LogP contribution in [0.25, 0.3) is 0 Å². The summed E-state index contributed by atoms with van der Waals surface area (Å²) in [4.78, 5) is 0. The molecule has 1 N–H and O–H groups in total. The van der Waals surface area contributed by atoms with Gasteiger partial charge < -0.3 is 5.32 Å². The molecular weight excluding hydrogens is 201 g/mol. The minimum absolute atomic E-state index is 0.142. The maximum Gasteiger partial charge on any atom is 0.124 e. The summed E-state index contributed by atoms with van der Waals surface area (Å²) in [6.45, 7) is 6.14. The highest BCUT2D eigenvalue weighted by Gasteiger charge is 2.10. The van der Waals surface area contributed by atoms with Crippen molar-refractivity contribution in [2.24, 2.45) is 0 Å². The number of halogens is 2. The molecule has 1 rings (SSSR count). The Kier molecular flexibility index (Phi) is 3.90. The fourth-order valence-corrected chi connectivity index (χ4v) is 1.77. The second-order valence-electron chi connectivity index (χ2n) is 3.71. The summed E-state index contributed by atoms with van der Waals surface area (Å²) in [6.07, 6.45) is 0. The van der Waals surface area contributed by atoms with Crippen molar-refractivity contribution in [3.63, 3.8) is 0 Å². The van der Waals surface area contributed by atoms with E-state index in [1.54, 1.807) is 6.07 Å². The zero-order chi connectivity index (χ0) is 10.7. The van der Waals surface area contributed by atoms with Gasteiger partial charge in [0.25, 0.3) is 0 Å². The topological polar surface area (TPSA) is 12.0 Å². The van der Waals surface area contributed by atoms with Crippen LogP contribution in [0.1, 0.15) is 32.4 Å². The van der Waals surface area contributed by atoms with Gasteiger partial charge in [-0.2, -0.15) is 0 Å². The first kappa shape index (κ1) is 11.5. The molecule has 0 aliphatic rings. The predicted molar refractivity (Wildman–Crippen MR) is 58.1 cm³/mol. The van der Waals surface area contributed by atoms with Crippen LogP contribution < -0.4 is 5.32 Å². The summed E-state index contributed by atoms with van der Waals surface area (Å²) in [5, 5.41) is 3.79. The average molecular weight is 216 g/mol. The lowest BCUT2D eigenvalue weighted by Crippen LogP contribution is -2.26. The van der Waals surface area contributed by atoms with Gasteiger partial charge in [-0.25, -0.2) is 4.39 Å². The Bertz CT molecular complexity index is 312. The number of rotatable bonds is 3. The lowest BCUT2D eigenvalue weighted by atomic mass is 10.1. The quantitative estimate of drug-likeness (QED) is 0.814. The molecule has 0 amide bonds. The highest BCUT2D eigenvalue weighted by Crippen LogP contribution is 2.23. The minimum Gasteiger partial charge on any atom is -0.308 e. The van der Waals surface area contributed by atoms with Crippen molar-refractivity contribution < 1.29 is 4.39 Å². The van der Waals surface area contributed by atoms with Crippen LogP contribution in [0, 0.1) is 5.82 Å². The minimum atomic E-state index is -0.296. The van der Waals surface area contributed by atoms with Crippen molar-refractivity contribution in [2.75, 3.05) is 0 Å². The second kappa shape index (κ2) is 4.76. The highest BCUT2D eigenvalue weighted by atomic mass is 35.5. The molecule has 0 fully saturated rings. The first-order valence-electron chi connectivity index (χ1n) is 4.71. The molecule has 0 saturated carbocycles. The van der Waals surface area contributed by atoms with Crippen LogP contribution in [0.3, 0.4) is 0 Å². The molecule has 1 aromatic rings. The summed E-state index contributed by atoms with van der Waals surface area (Å²) in [5.41, 5.74) is 0.932. The van der Waals surface area contributed by atoms with Crippen LogP contribution >= 0.6 is 11.6 Å². The van der Waals surface area contributed by atoms with Gasteiger partial charge in [-0.15, -0.1) is 0 Å². The molecule has 0 saturated heterocycles. The number of hydrogen-bond acceptors (Lipinski definition) is 1. The first-order chi connectivity index (χ1) is 6.50. The van der Waals surface area contributed by atoms with E-state index in [-0.39, 0.29) is 11.9 Å². The molecule has 1 aromatic carbocycles. The number of hydrogen-bond donors (Lipinski definition) is 1. The standard InChI is InChI=1S/C11H15ClFN/c1-7(2)14-8(3)10-5-4-9(13)6-11(10)12/h4-8,14H,1-3H3/t8-/m0/s1. The average Bonchev–Trinajstić information content (AvgIpc) is 2.01. The third-order valence-corrected chi connectivity index (χ3v) is 2.34. The Morgan fingerprint density at radius 3 is 2.43 bits per heavy atom. The van der Waals surface area contributed by atoms with Crippen LogP contribution in [0.15, 0.2) is 18.2 Å². The van der Waals surface area contributed by atoms with Gasteiger partial charge in [0, 0.05) is 17.1 Å². The fraction of sp³-hybridized carbons (Fsp3) is 0.455. The Hall–Kier alpha value is -0.600. The molecule has 0 aromatic heterocycles. The molecule has 14 heavy (non-hydrogen) atoms. The maximum atomic E-state index is 12.8. The molecule has 0 bridgehead atoms. The Labute approximate surface area is 89.3 Å². The molecule has 0 spiro atoms. The van der Waals surface area contributed by atoms with Crippen molar-refractivity contribution in [1.82, 2.24) is 5.32 Å². The third kappa shape index (κ3) is 2.96. The van der Waals surface area contributed by atoms with E-state index in [1.807, 2.05) is 6.92 Å². The van der Waals surface area contributed by atoms with E-state index in [0.717, 1.165) is 5.56 Å². The summed E-state index contributed by atoms with van der Waals surface area (Å²) in [6, 6.07) is 5.02. The van der Waals surface area contributed by atoms with E-state index in [9.17, 15) is 4.39 Å². The van der Waals surface area contributed by atoms with E-state index in [2.05, 4.69) is 19.2 Å². The Morgan fingerprint density at radius 2 is 1.93 bits per heavy atom. The predicted octanol–water partition coefficient (Wildman–Crippen LogP) is 3.54. The van der Waals surface area contributed by atoms with Gasteiger partial charge in [0.2, 0.25) is 0 Å². The maximum absolute atomic E-state index is 12.8. The van der Waals surface area contributed by atoms with Crippen LogP contribution in [-0.4, -0.2) is 6.04 Å². The van der Waals surface area contributed by atoms with Crippen molar-refractivity contribution in [3.8, 4) is 0 Å². The number of nitrogens with one attached hydrogen (secondary N) is 1. The van der Waals surface area contributed by atoms with Crippen molar-refractivity contribution in [3.05, 3.63) is 34.6 Å². The fourth-order valence-electron chi connectivity index (χ4n) is 1.44. The van der Waals surface area contributed by atoms with Gasteiger partial charge in [0.05, 0.1) is 0 Å². The van der Waals surface area contributed by atoms with Crippen molar-refractivity contribution in [2.45, 2.75) is 32.9 Å². The Morgan fingerprint density at radius 1 is 1.29 bits per heavy atom. The van der Waals surface area contributed by atoms with Crippen LogP contribution in [0.4, 0.5) is 4.39 Å². The molecule has 0 aliphatic carbocycles. The first-order valence-corrected chi connectivity index (χ1v) is 5.09. The van der Waals surface area contributed by atoms with Gasteiger partial charge in [0.1, 0.15) is 5.82 Å². The molecule has 3 heteroatoms. The van der Waals surface area contributed by atoms with Crippen LogP contribution in [-0.2, 0) is 0 Å². The zero-order valence-corrected chi connectivity index (χ0v) is 9.40. The van der Waals surface area contributed by atoms with E-state index in [0.29, 0.717) is 11.1 Å². The summed E-state index contributed by atoms with van der Waals surface area (Å²) >= 11 is 5.93. The third-order valence-electron chi connectivity index (χ3n) is 2.01. The largest absolute Gasteiger partial charge is 0.308 e. The molecule has 1 nitrogen and oxygen atoms in total. The molecule has 78 valence electrons. The normalized spacial score (nSPS) is 13.3. The van der Waals surface area contributed by atoms with E-state index < -0.39 is 0 Å². The van der Waals surface area contributed by atoms with Gasteiger partial charge in [-0.05, 0) is 24.6 Å². The van der Waals surface area contributed by atoms with E-state index in [4.69, 9.17) is 11.6 Å². The smallest absolute Gasteiger partial charge is 0.124 e. The van der Waals surface area contributed by atoms with E-state index >= 15 is 0 Å². The second-order valence-corrected chi connectivity index (χ2v) is 4.12. The SMILES string of the molecule is CC(C)N[C@@H](C)c1ccc(F)cc1Cl.